The average Bonchev–Trinajstić information content (AvgIpc) is 3.19. The van der Waals surface area contributed by atoms with Gasteiger partial charge in [0.05, 0.1) is 6.61 Å². The third-order valence-corrected chi connectivity index (χ3v) is 3.72. The zero-order valence-corrected chi connectivity index (χ0v) is 12.5. The van der Waals surface area contributed by atoms with Crippen molar-refractivity contribution in [1.82, 2.24) is 15.5 Å². The molecule has 1 atom stereocenters. The van der Waals surface area contributed by atoms with Gasteiger partial charge in [-0.25, -0.2) is 0 Å². The van der Waals surface area contributed by atoms with Crippen LogP contribution in [0.3, 0.4) is 0 Å². The highest BCUT2D eigenvalue weighted by Gasteiger charge is 2.22. The zero-order chi connectivity index (χ0) is 15.4. The van der Waals surface area contributed by atoms with E-state index in [1.54, 1.807) is 0 Å². The highest BCUT2D eigenvalue weighted by molar-refractivity contribution is 5.94. The van der Waals surface area contributed by atoms with Crippen LogP contribution in [0.1, 0.15) is 40.0 Å². The normalized spacial score (nSPS) is 17.6. The molecule has 1 aliphatic heterocycles. The molecule has 22 heavy (non-hydrogen) atoms. The monoisotopic (exact) mass is 301 g/mol. The van der Waals surface area contributed by atoms with Crippen LogP contribution >= 0.6 is 0 Å². The number of nitrogens with one attached hydrogen (secondary N) is 1. The van der Waals surface area contributed by atoms with Gasteiger partial charge >= 0.3 is 0 Å². The van der Waals surface area contributed by atoms with Crippen LogP contribution in [-0.4, -0.2) is 35.8 Å². The van der Waals surface area contributed by atoms with Gasteiger partial charge in [-0.1, -0.05) is 22.9 Å². The summed E-state index contributed by atoms with van der Waals surface area (Å²) in [5.74, 6) is 1.40. The third kappa shape index (κ3) is 3.51. The molecular weight excluding hydrogens is 282 g/mol. The molecule has 6 nitrogen and oxygen atoms in total. The molecule has 1 unspecified atom stereocenters. The van der Waals surface area contributed by atoms with Crippen molar-refractivity contribution in [3.05, 3.63) is 47.1 Å². The number of aromatic nitrogens is 2. The molecule has 2 heterocycles. The lowest BCUT2D eigenvalue weighted by molar-refractivity contribution is 0.0953. The SMILES string of the molecule is Cc1ccc(C(=O)NCCc2nc(C3CCOC3)no2)cc1. The van der Waals surface area contributed by atoms with Gasteiger partial charge < -0.3 is 14.6 Å². The number of aryl methyl sites for hydroxylation is 1. The minimum Gasteiger partial charge on any atom is -0.381 e. The number of benzene rings is 1. The molecule has 6 heteroatoms. The van der Waals surface area contributed by atoms with Crippen LogP contribution in [0.2, 0.25) is 0 Å². The van der Waals surface area contributed by atoms with Gasteiger partial charge in [0.1, 0.15) is 0 Å². The fourth-order valence-corrected chi connectivity index (χ4v) is 2.36. The van der Waals surface area contributed by atoms with Crippen molar-refractivity contribution in [3.8, 4) is 0 Å². The molecule has 1 amide bonds. The van der Waals surface area contributed by atoms with Crippen molar-refractivity contribution >= 4 is 5.91 Å². The minimum absolute atomic E-state index is 0.0936. The summed E-state index contributed by atoms with van der Waals surface area (Å²) in [5, 5.41) is 6.84. The molecule has 0 bridgehead atoms. The minimum atomic E-state index is -0.0936. The van der Waals surface area contributed by atoms with Crippen LogP contribution in [0.25, 0.3) is 0 Å². The van der Waals surface area contributed by atoms with E-state index in [0.717, 1.165) is 18.6 Å². The zero-order valence-electron chi connectivity index (χ0n) is 12.5. The molecule has 0 spiro atoms. The van der Waals surface area contributed by atoms with E-state index >= 15 is 0 Å². The van der Waals surface area contributed by atoms with Crippen LogP contribution in [0.5, 0.6) is 0 Å². The molecule has 2 aromatic rings. The predicted molar refractivity (Wildman–Crippen MR) is 79.7 cm³/mol. The molecule has 1 saturated heterocycles. The number of nitrogens with zero attached hydrogens (tertiary/aromatic N) is 2. The second-order valence-electron chi connectivity index (χ2n) is 5.48. The highest BCUT2D eigenvalue weighted by Crippen LogP contribution is 2.22. The van der Waals surface area contributed by atoms with Crippen LogP contribution in [0.4, 0.5) is 0 Å². The topological polar surface area (TPSA) is 77.2 Å². The Morgan fingerprint density at radius 1 is 1.36 bits per heavy atom. The Balaban J connectivity index is 1.48. The second-order valence-corrected chi connectivity index (χ2v) is 5.48. The summed E-state index contributed by atoms with van der Waals surface area (Å²) in [6, 6.07) is 7.47. The Morgan fingerprint density at radius 3 is 2.91 bits per heavy atom. The maximum atomic E-state index is 12.0. The molecule has 0 saturated carbocycles. The molecule has 0 aliphatic carbocycles. The third-order valence-electron chi connectivity index (χ3n) is 3.72. The molecule has 1 aliphatic rings. The summed E-state index contributed by atoms with van der Waals surface area (Å²) in [6.07, 6.45) is 1.46. The molecule has 0 radical (unpaired) electrons. The van der Waals surface area contributed by atoms with Gasteiger partial charge in [-0.2, -0.15) is 4.98 Å². The molecule has 1 aromatic heterocycles. The fraction of sp³-hybridized carbons (Fsp3) is 0.438. The first-order valence-electron chi connectivity index (χ1n) is 7.47. The largest absolute Gasteiger partial charge is 0.381 e. The number of ether oxygens (including phenoxy) is 1. The van der Waals surface area contributed by atoms with Gasteiger partial charge in [0.15, 0.2) is 5.82 Å². The summed E-state index contributed by atoms with van der Waals surface area (Å²) in [7, 11) is 0. The van der Waals surface area contributed by atoms with Gasteiger partial charge in [-0.15, -0.1) is 0 Å². The first-order valence-corrected chi connectivity index (χ1v) is 7.47. The molecule has 1 aromatic carbocycles. The first-order chi connectivity index (χ1) is 10.7. The van der Waals surface area contributed by atoms with Crippen molar-refractivity contribution in [1.29, 1.82) is 0 Å². The summed E-state index contributed by atoms with van der Waals surface area (Å²) in [5.41, 5.74) is 1.78. The lowest BCUT2D eigenvalue weighted by Gasteiger charge is -2.03. The molecule has 3 rings (SSSR count). The van der Waals surface area contributed by atoms with E-state index in [2.05, 4.69) is 15.5 Å². The Labute approximate surface area is 128 Å². The van der Waals surface area contributed by atoms with Crippen LogP contribution in [-0.2, 0) is 11.2 Å². The Bertz CT molecular complexity index is 630. The van der Waals surface area contributed by atoms with Crippen LogP contribution in [0, 0.1) is 6.92 Å². The summed E-state index contributed by atoms with van der Waals surface area (Å²) in [6.45, 7) is 3.87. The number of hydrogen-bond acceptors (Lipinski definition) is 5. The Morgan fingerprint density at radius 2 is 2.18 bits per heavy atom. The van der Waals surface area contributed by atoms with Gasteiger partial charge in [0, 0.05) is 31.1 Å². The van der Waals surface area contributed by atoms with E-state index in [0.29, 0.717) is 36.9 Å². The van der Waals surface area contributed by atoms with Crippen molar-refractivity contribution < 1.29 is 14.1 Å². The van der Waals surface area contributed by atoms with Crippen molar-refractivity contribution in [2.24, 2.45) is 0 Å². The maximum Gasteiger partial charge on any atom is 0.251 e. The fourth-order valence-electron chi connectivity index (χ4n) is 2.36. The van der Waals surface area contributed by atoms with E-state index in [4.69, 9.17) is 9.26 Å². The van der Waals surface area contributed by atoms with E-state index in [1.807, 2.05) is 31.2 Å². The summed E-state index contributed by atoms with van der Waals surface area (Å²) in [4.78, 5) is 16.3. The van der Waals surface area contributed by atoms with E-state index in [9.17, 15) is 4.79 Å². The summed E-state index contributed by atoms with van der Waals surface area (Å²) < 4.78 is 10.5. The number of amides is 1. The number of carbonyl (C=O) groups excluding carboxylic acids is 1. The molecule has 1 N–H and O–H groups in total. The summed E-state index contributed by atoms with van der Waals surface area (Å²) >= 11 is 0. The standard InChI is InChI=1S/C16H19N3O3/c1-11-2-4-12(5-3-11)16(20)17-8-6-14-18-15(19-22-14)13-7-9-21-10-13/h2-5,13H,6-10H2,1H3,(H,17,20). The van der Waals surface area contributed by atoms with E-state index < -0.39 is 0 Å². The van der Waals surface area contributed by atoms with Gasteiger partial charge in [-0.3, -0.25) is 4.79 Å². The highest BCUT2D eigenvalue weighted by atomic mass is 16.5. The average molecular weight is 301 g/mol. The number of carbonyl (C=O) groups is 1. The second kappa shape index (κ2) is 6.70. The first kappa shape index (κ1) is 14.7. The number of hydrogen-bond donors (Lipinski definition) is 1. The molecular formula is C16H19N3O3. The maximum absolute atomic E-state index is 12.0. The van der Waals surface area contributed by atoms with Crippen molar-refractivity contribution in [2.75, 3.05) is 19.8 Å². The van der Waals surface area contributed by atoms with Crippen molar-refractivity contribution in [2.45, 2.75) is 25.7 Å². The van der Waals surface area contributed by atoms with Crippen LogP contribution in [0.15, 0.2) is 28.8 Å². The van der Waals surface area contributed by atoms with Gasteiger partial charge in [0.25, 0.3) is 5.91 Å². The van der Waals surface area contributed by atoms with Gasteiger partial charge in [-0.05, 0) is 25.5 Å². The van der Waals surface area contributed by atoms with Crippen molar-refractivity contribution in [3.63, 3.8) is 0 Å². The molecule has 116 valence electrons. The Hall–Kier alpha value is -2.21. The number of rotatable bonds is 5. The molecule has 1 fully saturated rings. The Kier molecular flexibility index (Phi) is 4.48. The van der Waals surface area contributed by atoms with E-state index in [-0.39, 0.29) is 11.8 Å². The lowest BCUT2D eigenvalue weighted by Crippen LogP contribution is -2.25. The van der Waals surface area contributed by atoms with Crippen LogP contribution < -0.4 is 5.32 Å². The van der Waals surface area contributed by atoms with Gasteiger partial charge in [0.2, 0.25) is 5.89 Å². The lowest BCUT2D eigenvalue weighted by atomic mass is 10.1. The quantitative estimate of drug-likeness (QED) is 0.912. The van der Waals surface area contributed by atoms with E-state index in [1.165, 1.54) is 0 Å². The predicted octanol–water partition coefficient (Wildman–Crippen LogP) is 1.85. The smallest absolute Gasteiger partial charge is 0.251 e.